The number of carbonyl (C=O) groups is 1. The third-order valence-corrected chi connectivity index (χ3v) is 4.47. The summed E-state index contributed by atoms with van der Waals surface area (Å²) in [4.78, 5) is 14.4. The Labute approximate surface area is 148 Å². The number of thiol groups is 1. The molecule has 0 aliphatic carbocycles. The third kappa shape index (κ3) is 4.52. The first-order valence-electron chi connectivity index (χ1n) is 8.15. The van der Waals surface area contributed by atoms with E-state index in [1.165, 1.54) is 0 Å². The number of likely N-dealkylation sites (tertiary alicyclic amines) is 1. The van der Waals surface area contributed by atoms with Crippen molar-refractivity contribution in [3.05, 3.63) is 66.2 Å². The number of urea groups is 1. The van der Waals surface area contributed by atoms with E-state index >= 15 is 0 Å². The number of ether oxygens (including phenoxy) is 1. The summed E-state index contributed by atoms with van der Waals surface area (Å²) < 4.78 is 5.83. The molecule has 2 amide bonds. The lowest BCUT2D eigenvalue weighted by molar-refractivity contribution is 0.0776. The van der Waals surface area contributed by atoms with Gasteiger partial charge in [-0.1, -0.05) is 48.5 Å². The summed E-state index contributed by atoms with van der Waals surface area (Å²) in [5, 5.41) is 3.13. The molecule has 2 aromatic rings. The van der Waals surface area contributed by atoms with Crippen LogP contribution in [0.5, 0.6) is 0 Å². The van der Waals surface area contributed by atoms with Crippen LogP contribution in [0.2, 0.25) is 0 Å². The van der Waals surface area contributed by atoms with Gasteiger partial charge in [0.2, 0.25) is 0 Å². The minimum atomic E-state index is -0.0916. The second-order valence-electron chi connectivity index (χ2n) is 5.99. The molecule has 2 atom stereocenters. The smallest absolute Gasteiger partial charge is 0.322 e. The van der Waals surface area contributed by atoms with E-state index in [9.17, 15) is 4.79 Å². The van der Waals surface area contributed by atoms with Gasteiger partial charge in [0.05, 0.1) is 19.3 Å². The summed E-state index contributed by atoms with van der Waals surface area (Å²) in [5.41, 5.74) is 1.94. The second-order valence-corrected chi connectivity index (χ2v) is 6.72. The Hall–Kier alpha value is -1.98. The summed E-state index contributed by atoms with van der Waals surface area (Å²) in [6.07, 6.45) is 0.847. The van der Waals surface area contributed by atoms with E-state index in [2.05, 4.69) is 17.9 Å². The van der Waals surface area contributed by atoms with Crippen molar-refractivity contribution in [2.75, 3.05) is 18.5 Å². The van der Waals surface area contributed by atoms with Crippen molar-refractivity contribution < 1.29 is 9.53 Å². The van der Waals surface area contributed by atoms with Crippen molar-refractivity contribution in [1.29, 1.82) is 0 Å². The van der Waals surface area contributed by atoms with Gasteiger partial charge >= 0.3 is 6.03 Å². The van der Waals surface area contributed by atoms with Crippen molar-refractivity contribution in [3.8, 4) is 0 Å². The average Bonchev–Trinajstić information content (AvgIpc) is 2.98. The first-order chi connectivity index (χ1) is 11.7. The SMILES string of the molecule is O=C(Nc1ccccc1)N1C[C@H](S)C[C@H]1COCc1ccccc1. The van der Waals surface area contributed by atoms with Crippen LogP contribution >= 0.6 is 12.6 Å². The maximum atomic E-state index is 12.5. The number of benzene rings is 2. The minimum absolute atomic E-state index is 0.0555. The van der Waals surface area contributed by atoms with Gasteiger partial charge in [0.25, 0.3) is 0 Å². The van der Waals surface area contributed by atoms with Gasteiger partial charge in [-0.15, -0.1) is 0 Å². The lowest BCUT2D eigenvalue weighted by Gasteiger charge is -2.24. The van der Waals surface area contributed by atoms with Crippen LogP contribution in [0, 0.1) is 0 Å². The first kappa shape index (κ1) is 16.9. The molecule has 24 heavy (non-hydrogen) atoms. The lowest BCUT2D eigenvalue weighted by Crippen LogP contribution is -2.41. The van der Waals surface area contributed by atoms with Gasteiger partial charge in [-0.05, 0) is 24.1 Å². The Bertz CT molecular complexity index is 651. The molecule has 0 saturated carbocycles. The predicted molar refractivity (Wildman–Crippen MR) is 99.4 cm³/mol. The predicted octanol–water partition coefficient (Wildman–Crippen LogP) is 3.81. The fourth-order valence-corrected chi connectivity index (χ4v) is 3.32. The third-order valence-electron chi connectivity index (χ3n) is 4.10. The number of rotatable bonds is 5. The Morgan fingerprint density at radius 3 is 2.50 bits per heavy atom. The molecule has 1 heterocycles. The van der Waals surface area contributed by atoms with Crippen LogP contribution in [-0.2, 0) is 11.3 Å². The number of hydrogen-bond acceptors (Lipinski definition) is 3. The van der Waals surface area contributed by atoms with Crippen molar-refractivity contribution in [2.24, 2.45) is 0 Å². The zero-order valence-electron chi connectivity index (χ0n) is 13.5. The highest BCUT2D eigenvalue weighted by molar-refractivity contribution is 7.81. The van der Waals surface area contributed by atoms with Crippen LogP contribution in [0.3, 0.4) is 0 Å². The Morgan fingerprint density at radius 1 is 1.12 bits per heavy atom. The Kier molecular flexibility index (Phi) is 5.77. The van der Waals surface area contributed by atoms with Crippen LogP contribution in [0.15, 0.2) is 60.7 Å². The van der Waals surface area contributed by atoms with Crippen molar-refractivity contribution in [1.82, 2.24) is 4.90 Å². The van der Waals surface area contributed by atoms with Gasteiger partial charge in [-0.3, -0.25) is 0 Å². The molecule has 0 spiro atoms. The number of amides is 2. The number of anilines is 1. The molecule has 1 aliphatic heterocycles. The van der Waals surface area contributed by atoms with Gasteiger partial charge in [-0.25, -0.2) is 4.79 Å². The van der Waals surface area contributed by atoms with E-state index in [0.717, 1.165) is 17.7 Å². The maximum Gasteiger partial charge on any atom is 0.322 e. The molecule has 4 nitrogen and oxygen atoms in total. The minimum Gasteiger partial charge on any atom is -0.375 e. The summed E-state index contributed by atoms with van der Waals surface area (Å²) in [7, 11) is 0. The van der Waals surface area contributed by atoms with E-state index in [1.807, 2.05) is 65.6 Å². The maximum absolute atomic E-state index is 12.5. The molecule has 1 fully saturated rings. The van der Waals surface area contributed by atoms with Crippen LogP contribution in [0.25, 0.3) is 0 Å². The molecule has 5 heteroatoms. The molecule has 1 aliphatic rings. The molecule has 0 bridgehead atoms. The van der Waals surface area contributed by atoms with Gasteiger partial charge < -0.3 is 15.0 Å². The monoisotopic (exact) mass is 342 g/mol. The highest BCUT2D eigenvalue weighted by Gasteiger charge is 2.33. The summed E-state index contributed by atoms with van der Waals surface area (Å²) in [6.45, 7) is 1.72. The quantitative estimate of drug-likeness (QED) is 0.812. The fourth-order valence-electron chi connectivity index (χ4n) is 2.90. The molecule has 0 radical (unpaired) electrons. The Morgan fingerprint density at radius 2 is 1.79 bits per heavy atom. The van der Waals surface area contributed by atoms with E-state index < -0.39 is 0 Å². The second kappa shape index (κ2) is 8.22. The molecule has 0 unspecified atom stereocenters. The van der Waals surface area contributed by atoms with E-state index in [4.69, 9.17) is 4.74 Å². The average molecular weight is 342 g/mol. The molecular formula is C19H22N2O2S. The molecular weight excluding hydrogens is 320 g/mol. The van der Waals surface area contributed by atoms with Crippen LogP contribution < -0.4 is 5.32 Å². The van der Waals surface area contributed by atoms with Crippen LogP contribution in [0.4, 0.5) is 10.5 Å². The topological polar surface area (TPSA) is 41.6 Å². The van der Waals surface area contributed by atoms with Gasteiger partial charge in [-0.2, -0.15) is 12.6 Å². The molecule has 0 aromatic heterocycles. The molecule has 3 rings (SSSR count). The van der Waals surface area contributed by atoms with Crippen LogP contribution in [0.1, 0.15) is 12.0 Å². The van der Waals surface area contributed by atoms with E-state index in [0.29, 0.717) is 19.8 Å². The van der Waals surface area contributed by atoms with Gasteiger partial charge in [0, 0.05) is 17.5 Å². The normalized spacial score (nSPS) is 20.1. The summed E-state index contributed by atoms with van der Waals surface area (Å²) in [6, 6.07) is 19.5. The summed E-state index contributed by atoms with van der Waals surface area (Å²) >= 11 is 4.55. The van der Waals surface area contributed by atoms with E-state index in [1.54, 1.807) is 0 Å². The number of carbonyl (C=O) groups excluding carboxylic acids is 1. The van der Waals surface area contributed by atoms with Gasteiger partial charge in [0.15, 0.2) is 0 Å². The number of para-hydroxylation sites is 1. The molecule has 1 saturated heterocycles. The summed E-state index contributed by atoms with van der Waals surface area (Å²) in [5.74, 6) is 0. The number of hydrogen-bond donors (Lipinski definition) is 2. The number of nitrogens with zero attached hydrogens (tertiary/aromatic N) is 1. The lowest BCUT2D eigenvalue weighted by atomic mass is 10.2. The Balaban J connectivity index is 1.54. The molecule has 126 valence electrons. The fraction of sp³-hybridized carbons (Fsp3) is 0.316. The van der Waals surface area contributed by atoms with Crippen molar-refractivity contribution >= 4 is 24.3 Å². The number of nitrogens with one attached hydrogen (secondary N) is 1. The van der Waals surface area contributed by atoms with Gasteiger partial charge in [0.1, 0.15) is 0 Å². The van der Waals surface area contributed by atoms with Crippen molar-refractivity contribution in [2.45, 2.75) is 24.3 Å². The molecule has 1 N–H and O–H groups in total. The van der Waals surface area contributed by atoms with E-state index in [-0.39, 0.29) is 17.3 Å². The van der Waals surface area contributed by atoms with Crippen molar-refractivity contribution in [3.63, 3.8) is 0 Å². The molecule has 2 aromatic carbocycles. The first-order valence-corrected chi connectivity index (χ1v) is 8.66. The highest BCUT2D eigenvalue weighted by atomic mass is 32.1. The largest absolute Gasteiger partial charge is 0.375 e. The zero-order valence-corrected chi connectivity index (χ0v) is 14.4. The van der Waals surface area contributed by atoms with Crippen LogP contribution in [-0.4, -0.2) is 35.4 Å². The highest BCUT2D eigenvalue weighted by Crippen LogP contribution is 2.23. The zero-order chi connectivity index (χ0) is 16.8. The standard InChI is InChI=1S/C19H22N2O2S/c22-19(20-16-9-5-2-6-10-16)21-12-18(24)11-17(21)14-23-13-15-7-3-1-4-8-15/h1-10,17-18,24H,11-14H2,(H,20,22)/t17-,18+/m0/s1.